The van der Waals surface area contributed by atoms with Crippen molar-refractivity contribution in [1.82, 2.24) is 19.4 Å². The second-order valence-electron chi connectivity index (χ2n) is 9.46. The van der Waals surface area contributed by atoms with Crippen molar-refractivity contribution >= 4 is 21.8 Å². The summed E-state index contributed by atoms with van der Waals surface area (Å²) in [5, 5.41) is 1.34. The van der Waals surface area contributed by atoms with Gasteiger partial charge in [0.15, 0.2) is 0 Å². The molecule has 2 aromatic carbocycles. The summed E-state index contributed by atoms with van der Waals surface area (Å²) in [6.07, 6.45) is 3.51. The maximum absolute atomic E-state index is 12.7. The summed E-state index contributed by atoms with van der Waals surface area (Å²) in [5.74, 6) is 2.73. The molecule has 2 aromatic heterocycles. The standard InChI is InChI=1S/C27H28N4O4/c1-34-22-7-4-8-23-24(22)20-15-30(14-17(20)16-35-23)12-2-3-13-31-25-18-6-5-11-28-21(18)10-9-19(25)26(32)29-27(31)33/h4-11,17,20H,2-3,12-16H2,1H3,(H,29,32,33)/t17-,20-/m1/s1. The molecule has 180 valence electrons. The quantitative estimate of drug-likeness (QED) is 0.343. The van der Waals surface area contributed by atoms with Gasteiger partial charge >= 0.3 is 5.69 Å². The average molecular weight is 473 g/mol. The monoisotopic (exact) mass is 472 g/mol. The normalized spacial score (nSPS) is 19.5. The maximum atomic E-state index is 12.7. The number of fused-ring (bicyclic) bond motifs is 6. The molecule has 8 nitrogen and oxygen atoms in total. The molecule has 2 aliphatic heterocycles. The maximum Gasteiger partial charge on any atom is 0.328 e. The third-order valence-corrected chi connectivity index (χ3v) is 7.43. The smallest absolute Gasteiger partial charge is 0.328 e. The first-order valence-electron chi connectivity index (χ1n) is 12.2. The lowest BCUT2D eigenvalue weighted by Crippen LogP contribution is -2.31. The fourth-order valence-corrected chi connectivity index (χ4v) is 5.79. The highest BCUT2D eigenvalue weighted by Gasteiger charge is 2.40. The van der Waals surface area contributed by atoms with Crippen molar-refractivity contribution in [2.75, 3.05) is 33.4 Å². The molecule has 4 heterocycles. The molecule has 2 aliphatic rings. The van der Waals surface area contributed by atoms with Gasteiger partial charge in [0.2, 0.25) is 0 Å². The van der Waals surface area contributed by atoms with Gasteiger partial charge in [0.25, 0.3) is 5.56 Å². The van der Waals surface area contributed by atoms with Gasteiger partial charge in [-0.25, -0.2) is 4.79 Å². The van der Waals surface area contributed by atoms with Crippen LogP contribution in [0.25, 0.3) is 21.8 Å². The van der Waals surface area contributed by atoms with E-state index in [0.29, 0.717) is 29.3 Å². The third kappa shape index (κ3) is 3.78. The number of likely N-dealkylation sites (tertiary alicyclic amines) is 1. The van der Waals surface area contributed by atoms with Gasteiger partial charge in [-0.15, -0.1) is 0 Å². The van der Waals surface area contributed by atoms with E-state index in [1.807, 2.05) is 36.4 Å². The fraction of sp³-hybridized carbons (Fsp3) is 0.370. The third-order valence-electron chi connectivity index (χ3n) is 7.43. The van der Waals surface area contributed by atoms with Crippen LogP contribution >= 0.6 is 0 Å². The first-order valence-corrected chi connectivity index (χ1v) is 12.2. The molecule has 0 spiro atoms. The molecule has 4 aromatic rings. The van der Waals surface area contributed by atoms with Crippen molar-refractivity contribution in [1.29, 1.82) is 0 Å². The van der Waals surface area contributed by atoms with Gasteiger partial charge in [0.05, 0.1) is 30.1 Å². The molecular formula is C27H28N4O4. The Morgan fingerprint density at radius 1 is 1.06 bits per heavy atom. The van der Waals surface area contributed by atoms with Crippen LogP contribution in [-0.4, -0.2) is 52.8 Å². The summed E-state index contributed by atoms with van der Waals surface area (Å²) < 4.78 is 13.4. The molecule has 8 heteroatoms. The lowest BCUT2D eigenvalue weighted by Gasteiger charge is -2.29. The van der Waals surface area contributed by atoms with E-state index in [4.69, 9.17) is 9.47 Å². The highest BCUT2D eigenvalue weighted by molar-refractivity contribution is 6.03. The number of ether oxygens (including phenoxy) is 2. The van der Waals surface area contributed by atoms with E-state index in [0.717, 1.165) is 61.5 Å². The van der Waals surface area contributed by atoms with Crippen molar-refractivity contribution < 1.29 is 9.47 Å². The number of hydrogen-bond donors (Lipinski definition) is 1. The van der Waals surface area contributed by atoms with Gasteiger partial charge in [0, 0.05) is 48.6 Å². The largest absolute Gasteiger partial charge is 0.496 e. The molecule has 0 saturated carbocycles. The van der Waals surface area contributed by atoms with Gasteiger partial charge in [-0.2, -0.15) is 0 Å². The molecule has 0 bridgehead atoms. The minimum Gasteiger partial charge on any atom is -0.496 e. The van der Waals surface area contributed by atoms with Gasteiger partial charge < -0.3 is 14.4 Å². The minimum absolute atomic E-state index is 0.357. The summed E-state index contributed by atoms with van der Waals surface area (Å²) in [5.41, 5.74) is 1.91. The summed E-state index contributed by atoms with van der Waals surface area (Å²) >= 11 is 0. The highest BCUT2D eigenvalue weighted by atomic mass is 16.5. The molecule has 0 unspecified atom stereocenters. The Hall–Kier alpha value is -3.65. The van der Waals surface area contributed by atoms with E-state index in [1.165, 1.54) is 5.56 Å². The van der Waals surface area contributed by atoms with Crippen molar-refractivity contribution in [2.24, 2.45) is 5.92 Å². The number of unbranched alkanes of at least 4 members (excludes halogenated alkanes) is 1. The predicted octanol–water partition coefficient (Wildman–Crippen LogP) is 3.13. The second-order valence-corrected chi connectivity index (χ2v) is 9.46. The Morgan fingerprint density at radius 3 is 2.83 bits per heavy atom. The SMILES string of the molecule is COc1cccc2c1[C@@H]1CN(CCCCn3c(=O)[nH]c(=O)c4ccc5ncccc5c43)C[C@@H]1CO2. The number of hydrogen-bond acceptors (Lipinski definition) is 6. The van der Waals surface area contributed by atoms with Crippen LogP contribution in [0, 0.1) is 5.92 Å². The van der Waals surface area contributed by atoms with E-state index >= 15 is 0 Å². The van der Waals surface area contributed by atoms with Gasteiger partial charge in [-0.05, 0) is 55.8 Å². The number of methoxy groups -OCH3 is 1. The Balaban J connectivity index is 1.17. The average Bonchev–Trinajstić information content (AvgIpc) is 3.30. The second kappa shape index (κ2) is 8.85. The Kier molecular flexibility index (Phi) is 5.53. The Bertz CT molecular complexity index is 1510. The first kappa shape index (κ1) is 21.9. The number of rotatable bonds is 6. The van der Waals surface area contributed by atoms with Crippen LogP contribution in [-0.2, 0) is 6.54 Å². The van der Waals surface area contributed by atoms with Gasteiger partial charge in [-0.1, -0.05) is 6.07 Å². The van der Waals surface area contributed by atoms with Crippen LogP contribution in [0.1, 0.15) is 24.3 Å². The van der Waals surface area contributed by atoms with Crippen molar-refractivity contribution in [3.05, 3.63) is 75.1 Å². The van der Waals surface area contributed by atoms with Crippen LogP contribution in [0.15, 0.2) is 58.3 Å². The summed E-state index contributed by atoms with van der Waals surface area (Å²) in [6.45, 7) is 4.22. The summed E-state index contributed by atoms with van der Waals surface area (Å²) in [7, 11) is 1.72. The van der Waals surface area contributed by atoms with Gasteiger partial charge in [0.1, 0.15) is 11.5 Å². The lowest BCUT2D eigenvalue weighted by atomic mass is 9.86. The van der Waals surface area contributed by atoms with E-state index < -0.39 is 0 Å². The Morgan fingerprint density at radius 2 is 1.94 bits per heavy atom. The van der Waals surface area contributed by atoms with Crippen LogP contribution < -0.4 is 20.7 Å². The van der Waals surface area contributed by atoms with E-state index in [9.17, 15) is 9.59 Å². The topological polar surface area (TPSA) is 89.5 Å². The van der Waals surface area contributed by atoms with Crippen molar-refractivity contribution in [3.63, 3.8) is 0 Å². The number of benzene rings is 2. The van der Waals surface area contributed by atoms with Crippen LogP contribution in [0.2, 0.25) is 0 Å². The molecule has 1 fully saturated rings. The summed E-state index contributed by atoms with van der Waals surface area (Å²) in [6, 6.07) is 13.3. The van der Waals surface area contributed by atoms with Crippen LogP contribution in [0.3, 0.4) is 0 Å². The number of pyridine rings is 1. The summed E-state index contributed by atoms with van der Waals surface area (Å²) in [4.78, 5) is 34.5. The molecular weight excluding hydrogens is 444 g/mol. The van der Waals surface area contributed by atoms with Crippen LogP contribution in [0.5, 0.6) is 11.5 Å². The Labute approximate surface area is 202 Å². The van der Waals surface area contributed by atoms with Crippen molar-refractivity contribution in [2.45, 2.75) is 25.3 Å². The number of nitrogens with zero attached hydrogens (tertiary/aromatic N) is 3. The molecule has 0 aliphatic carbocycles. The van der Waals surface area contributed by atoms with Crippen LogP contribution in [0.4, 0.5) is 0 Å². The molecule has 6 rings (SSSR count). The number of H-pyrrole nitrogens is 1. The molecule has 2 atom stereocenters. The number of aryl methyl sites for hydroxylation is 1. The molecule has 0 amide bonds. The molecule has 35 heavy (non-hydrogen) atoms. The number of aromatic amines is 1. The van der Waals surface area contributed by atoms with E-state index in [-0.39, 0.29) is 11.2 Å². The molecule has 1 N–H and O–H groups in total. The van der Waals surface area contributed by atoms with E-state index in [1.54, 1.807) is 23.9 Å². The lowest BCUT2D eigenvalue weighted by molar-refractivity contribution is 0.209. The zero-order valence-electron chi connectivity index (χ0n) is 19.7. The predicted molar refractivity (Wildman–Crippen MR) is 135 cm³/mol. The number of nitrogens with one attached hydrogen (secondary N) is 1. The first-order chi connectivity index (χ1) is 17.1. The zero-order valence-corrected chi connectivity index (χ0v) is 19.7. The van der Waals surface area contributed by atoms with Gasteiger partial charge in [-0.3, -0.25) is 19.3 Å². The van der Waals surface area contributed by atoms with Crippen molar-refractivity contribution in [3.8, 4) is 11.5 Å². The zero-order chi connectivity index (χ0) is 23.9. The minimum atomic E-state index is -0.369. The van der Waals surface area contributed by atoms with E-state index in [2.05, 4.69) is 14.9 Å². The number of aromatic nitrogens is 3. The molecule has 0 radical (unpaired) electrons. The fourth-order valence-electron chi connectivity index (χ4n) is 5.79. The molecule has 1 saturated heterocycles. The highest BCUT2D eigenvalue weighted by Crippen LogP contribution is 2.46.